The van der Waals surface area contributed by atoms with E-state index in [-0.39, 0.29) is 11.6 Å². The van der Waals surface area contributed by atoms with Crippen molar-refractivity contribution in [2.45, 2.75) is 71.6 Å². The van der Waals surface area contributed by atoms with E-state index in [9.17, 15) is 9.18 Å². The van der Waals surface area contributed by atoms with E-state index in [1.165, 1.54) is 44.6 Å². The summed E-state index contributed by atoms with van der Waals surface area (Å²) in [5.74, 6) is -0.104. The fraction of sp³-hybridized carbons (Fsp3) is 0.611. The van der Waals surface area contributed by atoms with Crippen LogP contribution in [0.5, 0.6) is 0 Å². The number of rotatable bonds is 10. The second-order valence-electron chi connectivity index (χ2n) is 5.61. The molecule has 0 heterocycles. The third-order valence-electron chi connectivity index (χ3n) is 3.74. The Kier molecular flexibility index (Phi) is 8.17. The summed E-state index contributed by atoms with van der Waals surface area (Å²) in [5, 5.41) is 0. The summed E-state index contributed by atoms with van der Waals surface area (Å²) in [6.45, 7) is 3.92. The van der Waals surface area contributed by atoms with Gasteiger partial charge in [-0.2, -0.15) is 0 Å². The van der Waals surface area contributed by atoms with E-state index < -0.39 is 0 Å². The van der Waals surface area contributed by atoms with Crippen molar-refractivity contribution in [3.05, 3.63) is 35.1 Å². The monoisotopic (exact) mass is 278 g/mol. The minimum absolute atomic E-state index is 0.138. The van der Waals surface area contributed by atoms with Crippen molar-refractivity contribution < 1.29 is 9.18 Å². The first kappa shape index (κ1) is 16.9. The van der Waals surface area contributed by atoms with Crippen LogP contribution >= 0.6 is 0 Å². The minimum atomic E-state index is -0.242. The average molecular weight is 278 g/mol. The van der Waals surface area contributed by atoms with Crippen LogP contribution in [0.15, 0.2) is 18.2 Å². The number of halogens is 1. The molecule has 0 atom stereocenters. The van der Waals surface area contributed by atoms with E-state index in [2.05, 4.69) is 6.92 Å². The number of hydrogen-bond donors (Lipinski definition) is 0. The van der Waals surface area contributed by atoms with Crippen molar-refractivity contribution in [3.63, 3.8) is 0 Å². The molecule has 0 aliphatic rings. The van der Waals surface area contributed by atoms with Gasteiger partial charge in [0.05, 0.1) is 0 Å². The highest BCUT2D eigenvalue weighted by Crippen LogP contribution is 2.14. The molecule has 1 rings (SSSR count). The van der Waals surface area contributed by atoms with Gasteiger partial charge in [0.25, 0.3) is 0 Å². The van der Waals surface area contributed by atoms with Crippen LogP contribution in [-0.4, -0.2) is 5.78 Å². The highest BCUT2D eigenvalue weighted by molar-refractivity contribution is 5.96. The second kappa shape index (κ2) is 9.68. The Labute approximate surface area is 122 Å². The van der Waals surface area contributed by atoms with Crippen LogP contribution in [0.1, 0.15) is 80.6 Å². The molecule has 20 heavy (non-hydrogen) atoms. The largest absolute Gasteiger partial charge is 0.294 e. The predicted octanol–water partition coefficient (Wildman–Crippen LogP) is 5.85. The number of Topliss-reactive ketones (excluding diaryl/α,β-unsaturated/α-hetero) is 1. The van der Waals surface area contributed by atoms with Gasteiger partial charge in [-0.15, -0.1) is 0 Å². The number of benzene rings is 1. The fourth-order valence-corrected chi connectivity index (χ4v) is 2.38. The highest BCUT2D eigenvalue weighted by Gasteiger charge is 2.07. The molecule has 0 saturated carbocycles. The molecule has 0 unspecified atom stereocenters. The van der Waals surface area contributed by atoms with Crippen molar-refractivity contribution >= 4 is 5.78 Å². The molecule has 2 heteroatoms. The van der Waals surface area contributed by atoms with Crippen molar-refractivity contribution in [2.24, 2.45) is 0 Å². The Morgan fingerprint density at radius 1 is 1.00 bits per heavy atom. The molecule has 112 valence electrons. The lowest BCUT2D eigenvalue weighted by Crippen LogP contribution is -2.00. The lowest BCUT2D eigenvalue weighted by Gasteiger charge is -2.04. The molecule has 0 bridgehead atoms. The zero-order chi connectivity index (χ0) is 14.8. The first-order chi connectivity index (χ1) is 9.65. The van der Waals surface area contributed by atoms with E-state index in [0.29, 0.717) is 17.5 Å². The fourth-order valence-electron chi connectivity index (χ4n) is 2.38. The summed E-state index contributed by atoms with van der Waals surface area (Å²) in [6.07, 6.45) is 10.4. The van der Waals surface area contributed by atoms with Crippen LogP contribution in [0.4, 0.5) is 4.39 Å². The van der Waals surface area contributed by atoms with Crippen LogP contribution in [0.3, 0.4) is 0 Å². The summed E-state index contributed by atoms with van der Waals surface area (Å²) >= 11 is 0. The molecule has 0 fully saturated rings. The Hall–Kier alpha value is -1.18. The van der Waals surface area contributed by atoms with Crippen molar-refractivity contribution in [1.82, 2.24) is 0 Å². The van der Waals surface area contributed by atoms with Crippen LogP contribution in [0, 0.1) is 12.7 Å². The third kappa shape index (κ3) is 6.31. The van der Waals surface area contributed by atoms with Gasteiger partial charge in [0.1, 0.15) is 5.82 Å². The lowest BCUT2D eigenvalue weighted by atomic mass is 10.0. The molecule has 0 aromatic heterocycles. The van der Waals surface area contributed by atoms with Gasteiger partial charge in [0.15, 0.2) is 5.78 Å². The van der Waals surface area contributed by atoms with Crippen molar-refractivity contribution in [1.29, 1.82) is 0 Å². The normalized spacial score (nSPS) is 10.8. The Morgan fingerprint density at radius 3 is 2.20 bits per heavy atom. The van der Waals surface area contributed by atoms with E-state index in [1.54, 1.807) is 19.1 Å². The maximum Gasteiger partial charge on any atom is 0.162 e. The summed E-state index contributed by atoms with van der Waals surface area (Å²) in [4.78, 5) is 12.0. The number of ketones is 1. The number of aryl methyl sites for hydroxylation is 1. The topological polar surface area (TPSA) is 17.1 Å². The standard InChI is InChI=1S/C18H27FO/c1-3-4-5-6-7-8-9-10-11-18(20)16-12-13-17(19)15(2)14-16/h12-14H,3-11H2,1-2H3. The maximum atomic E-state index is 13.1. The summed E-state index contributed by atoms with van der Waals surface area (Å²) in [6, 6.07) is 4.63. The van der Waals surface area contributed by atoms with Gasteiger partial charge in [-0.3, -0.25) is 4.79 Å². The van der Waals surface area contributed by atoms with Crippen LogP contribution < -0.4 is 0 Å². The second-order valence-corrected chi connectivity index (χ2v) is 5.61. The molecule has 0 aliphatic carbocycles. The average Bonchev–Trinajstić information content (AvgIpc) is 2.44. The maximum absolute atomic E-state index is 13.1. The summed E-state index contributed by atoms with van der Waals surface area (Å²) in [7, 11) is 0. The highest BCUT2D eigenvalue weighted by atomic mass is 19.1. The zero-order valence-corrected chi connectivity index (χ0v) is 12.9. The number of carbonyl (C=O) groups excluding carboxylic acids is 1. The zero-order valence-electron chi connectivity index (χ0n) is 12.9. The molecular weight excluding hydrogens is 251 g/mol. The smallest absolute Gasteiger partial charge is 0.162 e. The molecule has 0 saturated heterocycles. The van der Waals surface area contributed by atoms with Crippen molar-refractivity contribution in [2.75, 3.05) is 0 Å². The van der Waals surface area contributed by atoms with Gasteiger partial charge in [-0.1, -0.05) is 51.9 Å². The quantitative estimate of drug-likeness (QED) is 0.387. The Morgan fingerprint density at radius 2 is 1.60 bits per heavy atom. The van der Waals surface area contributed by atoms with Crippen LogP contribution in [-0.2, 0) is 0 Å². The molecule has 0 amide bonds. The molecule has 1 aromatic rings. The molecule has 0 N–H and O–H groups in total. The Balaban J connectivity index is 2.15. The third-order valence-corrected chi connectivity index (χ3v) is 3.74. The van der Waals surface area contributed by atoms with E-state index in [4.69, 9.17) is 0 Å². The number of carbonyl (C=O) groups is 1. The first-order valence-corrected chi connectivity index (χ1v) is 7.94. The van der Waals surface area contributed by atoms with Gasteiger partial charge < -0.3 is 0 Å². The van der Waals surface area contributed by atoms with Gasteiger partial charge in [0.2, 0.25) is 0 Å². The number of hydrogen-bond acceptors (Lipinski definition) is 1. The Bertz CT molecular complexity index is 412. The SMILES string of the molecule is CCCCCCCCCCC(=O)c1ccc(F)c(C)c1. The predicted molar refractivity (Wildman–Crippen MR) is 82.7 cm³/mol. The van der Waals surface area contributed by atoms with Crippen LogP contribution in [0.2, 0.25) is 0 Å². The molecule has 0 radical (unpaired) electrons. The van der Waals surface area contributed by atoms with Gasteiger partial charge in [0, 0.05) is 12.0 Å². The van der Waals surface area contributed by atoms with Gasteiger partial charge >= 0.3 is 0 Å². The van der Waals surface area contributed by atoms with E-state index in [0.717, 1.165) is 12.8 Å². The molecule has 0 aliphatic heterocycles. The minimum Gasteiger partial charge on any atom is -0.294 e. The first-order valence-electron chi connectivity index (χ1n) is 7.94. The van der Waals surface area contributed by atoms with Crippen molar-refractivity contribution in [3.8, 4) is 0 Å². The van der Waals surface area contributed by atoms with E-state index >= 15 is 0 Å². The molecular formula is C18H27FO. The van der Waals surface area contributed by atoms with E-state index in [1.807, 2.05) is 0 Å². The van der Waals surface area contributed by atoms with Gasteiger partial charge in [-0.25, -0.2) is 4.39 Å². The molecule has 0 spiro atoms. The summed E-state index contributed by atoms with van der Waals surface area (Å²) in [5.41, 5.74) is 1.19. The lowest BCUT2D eigenvalue weighted by molar-refractivity contribution is 0.0979. The van der Waals surface area contributed by atoms with Gasteiger partial charge in [-0.05, 0) is 37.1 Å². The number of unbranched alkanes of at least 4 members (excludes halogenated alkanes) is 7. The summed E-state index contributed by atoms with van der Waals surface area (Å²) < 4.78 is 13.1. The molecule has 1 nitrogen and oxygen atoms in total. The molecule has 1 aromatic carbocycles. The van der Waals surface area contributed by atoms with Crippen LogP contribution in [0.25, 0.3) is 0 Å².